The summed E-state index contributed by atoms with van der Waals surface area (Å²) in [5.74, 6) is 0.943. The first kappa shape index (κ1) is 20.9. The van der Waals surface area contributed by atoms with Gasteiger partial charge in [-0.2, -0.15) is 0 Å². The second-order valence-corrected chi connectivity index (χ2v) is 9.81. The number of amides is 1. The van der Waals surface area contributed by atoms with Crippen LogP contribution in [0.15, 0.2) is 29.2 Å². The number of rotatable bonds is 7. The number of nitrogens with one attached hydrogen (secondary N) is 1. The molecule has 7 heteroatoms. The van der Waals surface area contributed by atoms with Crippen LogP contribution >= 0.6 is 0 Å². The Labute approximate surface area is 157 Å². The molecule has 1 heterocycles. The van der Waals surface area contributed by atoms with Gasteiger partial charge in [-0.05, 0) is 56.0 Å². The minimum Gasteiger partial charge on any atom is -0.352 e. The Morgan fingerprint density at radius 3 is 2.50 bits per heavy atom. The molecule has 2 rings (SSSR count). The summed E-state index contributed by atoms with van der Waals surface area (Å²) in [6.45, 7) is 8.39. The third-order valence-electron chi connectivity index (χ3n) is 4.76. The number of piperidine rings is 1. The first-order chi connectivity index (χ1) is 12.2. The lowest BCUT2D eigenvalue weighted by molar-refractivity contribution is 0.0934. The van der Waals surface area contributed by atoms with E-state index in [9.17, 15) is 13.2 Å². The monoisotopic (exact) mass is 381 g/mol. The van der Waals surface area contributed by atoms with Crippen LogP contribution in [0.25, 0.3) is 0 Å². The van der Waals surface area contributed by atoms with Crippen LogP contribution in [-0.2, 0) is 10.0 Å². The third-order valence-corrected chi connectivity index (χ3v) is 6.57. The van der Waals surface area contributed by atoms with Crippen LogP contribution < -0.4 is 5.32 Å². The highest BCUT2D eigenvalue weighted by atomic mass is 32.2. The maximum absolute atomic E-state index is 12.4. The highest BCUT2D eigenvalue weighted by molar-refractivity contribution is 7.89. The molecule has 26 heavy (non-hydrogen) atoms. The van der Waals surface area contributed by atoms with Gasteiger partial charge in [0.05, 0.1) is 4.90 Å². The van der Waals surface area contributed by atoms with E-state index in [4.69, 9.17) is 0 Å². The van der Waals surface area contributed by atoms with Gasteiger partial charge in [0.2, 0.25) is 10.0 Å². The van der Waals surface area contributed by atoms with E-state index in [0.29, 0.717) is 23.9 Å². The lowest BCUT2D eigenvalue weighted by Crippen LogP contribution is -2.40. The van der Waals surface area contributed by atoms with E-state index >= 15 is 0 Å². The molecule has 1 N–H and O–H groups in total. The molecule has 0 aliphatic carbocycles. The van der Waals surface area contributed by atoms with Gasteiger partial charge in [-0.15, -0.1) is 0 Å². The predicted octanol–water partition coefficient (Wildman–Crippen LogP) is 2.03. The average Bonchev–Trinajstić information content (AvgIpc) is 2.60. The molecular formula is C19H31N3O3S. The van der Waals surface area contributed by atoms with Crippen molar-refractivity contribution < 1.29 is 13.2 Å². The van der Waals surface area contributed by atoms with Crippen LogP contribution in [0.1, 0.15) is 37.0 Å². The molecule has 1 amide bonds. The van der Waals surface area contributed by atoms with Crippen molar-refractivity contribution >= 4 is 15.9 Å². The SMILES string of the molecule is CC(C)CN1CCC(CNC(=O)c2cccc(S(=O)(=O)N(C)C)c2)CC1. The zero-order valence-corrected chi connectivity index (χ0v) is 17.1. The molecule has 1 fully saturated rings. The molecule has 0 aromatic heterocycles. The molecule has 1 aromatic carbocycles. The highest BCUT2D eigenvalue weighted by Crippen LogP contribution is 2.18. The van der Waals surface area contributed by atoms with E-state index in [0.717, 1.165) is 36.8 Å². The van der Waals surface area contributed by atoms with Crippen molar-refractivity contribution in [2.75, 3.05) is 40.3 Å². The molecule has 1 saturated heterocycles. The number of likely N-dealkylation sites (tertiary alicyclic amines) is 1. The highest BCUT2D eigenvalue weighted by Gasteiger charge is 2.21. The number of carbonyl (C=O) groups is 1. The van der Waals surface area contributed by atoms with E-state index in [1.54, 1.807) is 12.1 Å². The lowest BCUT2D eigenvalue weighted by Gasteiger charge is -2.33. The smallest absolute Gasteiger partial charge is 0.251 e. The van der Waals surface area contributed by atoms with Gasteiger partial charge >= 0.3 is 0 Å². The summed E-state index contributed by atoms with van der Waals surface area (Å²) in [5.41, 5.74) is 0.380. The molecule has 1 aliphatic rings. The zero-order valence-electron chi connectivity index (χ0n) is 16.2. The molecule has 1 aromatic rings. The molecule has 146 valence electrons. The Kier molecular flexibility index (Phi) is 7.20. The minimum atomic E-state index is -3.54. The lowest BCUT2D eigenvalue weighted by atomic mass is 9.96. The van der Waals surface area contributed by atoms with Crippen molar-refractivity contribution in [1.82, 2.24) is 14.5 Å². The summed E-state index contributed by atoms with van der Waals surface area (Å²) in [6.07, 6.45) is 2.17. The van der Waals surface area contributed by atoms with Crippen molar-refractivity contribution in [3.63, 3.8) is 0 Å². The fourth-order valence-electron chi connectivity index (χ4n) is 3.24. The van der Waals surface area contributed by atoms with Crippen LogP contribution in [0.2, 0.25) is 0 Å². The third kappa shape index (κ3) is 5.53. The summed E-state index contributed by atoms with van der Waals surface area (Å²) in [6, 6.07) is 6.21. The van der Waals surface area contributed by atoms with Crippen molar-refractivity contribution in [2.24, 2.45) is 11.8 Å². The fraction of sp³-hybridized carbons (Fsp3) is 0.632. The van der Waals surface area contributed by atoms with Gasteiger partial charge in [0.15, 0.2) is 0 Å². The maximum atomic E-state index is 12.4. The van der Waals surface area contributed by atoms with E-state index in [2.05, 4.69) is 24.1 Å². The van der Waals surface area contributed by atoms with Crippen LogP contribution in [-0.4, -0.2) is 63.8 Å². The van der Waals surface area contributed by atoms with Crippen molar-refractivity contribution in [3.05, 3.63) is 29.8 Å². The molecular weight excluding hydrogens is 350 g/mol. The number of benzene rings is 1. The Balaban J connectivity index is 1.89. The summed E-state index contributed by atoms with van der Waals surface area (Å²) in [7, 11) is -0.577. The number of hydrogen-bond donors (Lipinski definition) is 1. The van der Waals surface area contributed by atoms with Gasteiger partial charge in [-0.1, -0.05) is 19.9 Å². The zero-order chi connectivity index (χ0) is 19.3. The number of hydrogen-bond acceptors (Lipinski definition) is 4. The van der Waals surface area contributed by atoms with Gasteiger partial charge in [0.25, 0.3) is 5.91 Å². The average molecular weight is 382 g/mol. The quantitative estimate of drug-likeness (QED) is 0.785. The largest absolute Gasteiger partial charge is 0.352 e. The molecule has 0 bridgehead atoms. The van der Waals surface area contributed by atoms with Crippen molar-refractivity contribution in [2.45, 2.75) is 31.6 Å². The van der Waals surface area contributed by atoms with Crippen molar-refractivity contribution in [3.8, 4) is 0 Å². The molecule has 0 radical (unpaired) electrons. The van der Waals surface area contributed by atoms with E-state index in [1.165, 1.54) is 26.2 Å². The van der Waals surface area contributed by atoms with Gasteiger partial charge in [0.1, 0.15) is 0 Å². The van der Waals surface area contributed by atoms with E-state index < -0.39 is 10.0 Å². The predicted molar refractivity (Wildman–Crippen MR) is 104 cm³/mol. The Morgan fingerprint density at radius 1 is 1.27 bits per heavy atom. The fourth-order valence-corrected chi connectivity index (χ4v) is 4.19. The summed E-state index contributed by atoms with van der Waals surface area (Å²) < 4.78 is 25.6. The summed E-state index contributed by atoms with van der Waals surface area (Å²) in [4.78, 5) is 15.0. The Bertz CT molecular complexity index is 708. The maximum Gasteiger partial charge on any atom is 0.251 e. The number of sulfonamides is 1. The number of carbonyl (C=O) groups excluding carboxylic acids is 1. The standard InChI is InChI=1S/C19H31N3O3S/c1-15(2)14-22-10-8-16(9-11-22)13-20-19(23)17-6-5-7-18(12-17)26(24,25)21(3)4/h5-7,12,15-16H,8-11,13-14H2,1-4H3,(H,20,23). The summed E-state index contributed by atoms with van der Waals surface area (Å²) in [5, 5.41) is 2.97. The molecule has 6 nitrogen and oxygen atoms in total. The van der Waals surface area contributed by atoms with Gasteiger partial charge in [0, 0.05) is 32.7 Å². The minimum absolute atomic E-state index is 0.136. The molecule has 0 atom stereocenters. The van der Waals surface area contributed by atoms with Crippen LogP contribution in [0.5, 0.6) is 0 Å². The Hall–Kier alpha value is -1.44. The molecule has 0 unspecified atom stereocenters. The van der Waals surface area contributed by atoms with Crippen LogP contribution in [0.3, 0.4) is 0 Å². The second kappa shape index (κ2) is 8.97. The van der Waals surface area contributed by atoms with Crippen LogP contribution in [0, 0.1) is 11.8 Å². The molecule has 1 aliphatic heterocycles. The van der Waals surface area contributed by atoms with E-state index in [-0.39, 0.29) is 10.8 Å². The van der Waals surface area contributed by atoms with Gasteiger partial charge < -0.3 is 10.2 Å². The molecule has 0 saturated carbocycles. The van der Waals surface area contributed by atoms with E-state index in [1.807, 2.05) is 0 Å². The normalized spacial score (nSPS) is 17.0. The topological polar surface area (TPSA) is 69.7 Å². The first-order valence-corrected chi connectivity index (χ1v) is 10.7. The molecule has 0 spiro atoms. The van der Waals surface area contributed by atoms with Crippen molar-refractivity contribution in [1.29, 1.82) is 0 Å². The van der Waals surface area contributed by atoms with Gasteiger partial charge in [-0.25, -0.2) is 12.7 Å². The van der Waals surface area contributed by atoms with Crippen LogP contribution in [0.4, 0.5) is 0 Å². The first-order valence-electron chi connectivity index (χ1n) is 9.23. The Morgan fingerprint density at radius 2 is 1.92 bits per heavy atom. The second-order valence-electron chi connectivity index (χ2n) is 7.66. The number of nitrogens with zero attached hydrogens (tertiary/aromatic N) is 2. The van der Waals surface area contributed by atoms with Gasteiger partial charge in [-0.3, -0.25) is 4.79 Å². The summed E-state index contributed by atoms with van der Waals surface area (Å²) >= 11 is 0.